The number of amides is 1. The van der Waals surface area contributed by atoms with E-state index in [0.29, 0.717) is 36.4 Å². The first-order valence-electron chi connectivity index (χ1n) is 9.02. The molecule has 1 aliphatic rings. The van der Waals surface area contributed by atoms with Gasteiger partial charge in [-0.1, -0.05) is 19.1 Å². The van der Waals surface area contributed by atoms with E-state index in [1.807, 2.05) is 24.3 Å². The summed E-state index contributed by atoms with van der Waals surface area (Å²) in [5.74, 6) is 2.09. The number of carbonyl (C=O) groups excluding carboxylic acids is 1. The summed E-state index contributed by atoms with van der Waals surface area (Å²) in [4.78, 5) is 12.3. The highest BCUT2D eigenvalue weighted by Crippen LogP contribution is 2.24. The molecule has 7 heteroatoms. The number of rotatable bonds is 9. The van der Waals surface area contributed by atoms with Gasteiger partial charge in [0, 0.05) is 41.5 Å². The van der Waals surface area contributed by atoms with Crippen molar-refractivity contribution in [3.05, 3.63) is 29.8 Å². The van der Waals surface area contributed by atoms with Gasteiger partial charge in [-0.3, -0.25) is 9.00 Å². The lowest BCUT2D eigenvalue weighted by molar-refractivity contribution is -0.117. The minimum atomic E-state index is -0.948. The van der Waals surface area contributed by atoms with Crippen LogP contribution in [0.15, 0.2) is 24.3 Å². The molecule has 1 fully saturated rings. The van der Waals surface area contributed by atoms with Crippen LogP contribution >= 0.6 is 12.4 Å². The third-order valence-corrected chi connectivity index (χ3v) is 6.03. The molecule has 2 N–H and O–H groups in total. The summed E-state index contributed by atoms with van der Waals surface area (Å²) < 4.78 is 16.9. The molecular formula is C19H31ClN2O3S. The molecule has 5 nitrogen and oxygen atoms in total. The number of carbonyl (C=O) groups is 1. The third kappa shape index (κ3) is 8.16. The summed E-state index contributed by atoms with van der Waals surface area (Å²) in [7, 11) is 0.661. The Morgan fingerprint density at radius 3 is 2.81 bits per heavy atom. The Morgan fingerprint density at radius 2 is 2.12 bits per heavy atom. The van der Waals surface area contributed by atoms with Crippen LogP contribution in [0.2, 0.25) is 0 Å². The van der Waals surface area contributed by atoms with Crippen molar-refractivity contribution < 1.29 is 13.7 Å². The number of benzene rings is 1. The fourth-order valence-electron chi connectivity index (χ4n) is 3.26. The molecular weight excluding hydrogens is 372 g/mol. The molecule has 1 aromatic rings. The molecule has 0 aliphatic carbocycles. The average Bonchev–Trinajstić information content (AvgIpc) is 2.61. The molecule has 2 rings (SSSR count). The lowest BCUT2D eigenvalue weighted by Crippen LogP contribution is -2.32. The van der Waals surface area contributed by atoms with Gasteiger partial charge >= 0.3 is 0 Å². The van der Waals surface area contributed by atoms with E-state index in [1.165, 1.54) is 0 Å². The Kier molecular flexibility index (Phi) is 11.0. The second kappa shape index (κ2) is 12.4. The van der Waals surface area contributed by atoms with Crippen molar-refractivity contribution in [1.29, 1.82) is 0 Å². The molecule has 1 aromatic carbocycles. The van der Waals surface area contributed by atoms with E-state index in [0.717, 1.165) is 37.2 Å². The molecule has 0 saturated carbocycles. The molecule has 0 spiro atoms. The SMILES string of the molecule is COCCS(=O)Cc1cccc(NC(=O)CC(C)C2CCNCC2)c1.Cl. The topological polar surface area (TPSA) is 67.4 Å². The van der Waals surface area contributed by atoms with Crippen LogP contribution in [0.25, 0.3) is 0 Å². The lowest BCUT2D eigenvalue weighted by Gasteiger charge is -2.27. The van der Waals surface area contributed by atoms with Gasteiger partial charge in [0.2, 0.25) is 5.91 Å². The van der Waals surface area contributed by atoms with Gasteiger partial charge < -0.3 is 15.4 Å². The molecule has 2 atom stereocenters. The standard InChI is InChI=1S/C19H30N2O3S.ClH/c1-15(17-6-8-20-9-7-17)12-19(22)21-18-5-3-4-16(13-18)14-25(23)11-10-24-2;/h3-5,13,15,17,20H,6-12,14H2,1-2H3,(H,21,22);1H. The van der Waals surface area contributed by atoms with Gasteiger partial charge in [-0.2, -0.15) is 0 Å². The van der Waals surface area contributed by atoms with Crippen molar-refractivity contribution in [1.82, 2.24) is 5.32 Å². The van der Waals surface area contributed by atoms with Crippen molar-refractivity contribution in [2.24, 2.45) is 11.8 Å². The minimum absolute atomic E-state index is 0. The van der Waals surface area contributed by atoms with E-state index in [1.54, 1.807) is 7.11 Å². The van der Waals surface area contributed by atoms with Crippen LogP contribution in [-0.2, 0) is 26.1 Å². The summed E-state index contributed by atoms with van der Waals surface area (Å²) in [6.45, 7) is 4.78. The minimum Gasteiger partial charge on any atom is -0.384 e. The second-order valence-corrected chi connectivity index (χ2v) is 8.38. The molecule has 148 valence electrons. The number of hydrogen-bond donors (Lipinski definition) is 2. The maximum atomic E-state index is 12.3. The zero-order valence-electron chi connectivity index (χ0n) is 15.7. The molecule has 2 unspecified atom stereocenters. The van der Waals surface area contributed by atoms with E-state index in [-0.39, 0.29) is 18.3 Å². The first kappa shape index (κ1) is 23.1. The first-order valence-corrected chi connectivity index (χ1v) is 10.5. The largest absolute Gasteiger partial charge is 0.384 e. The van der Waals surface area contributed by atoms with Crippen LogP contribution in [-0.4, -0.2) is 42.7 Å². The summed E-state index contributed by atoms with van der Waals surface area (Å²) in [5, 5.41) is 6.35. The van der Waals surface area contributed by atoms with Crippen molar-refractivity contribution >= 4 is 34.8 Å². The van der Waals surface area contributed by atoms with Gasteiger partial charge in [-0.05, 0) is 55.5 Å². The van der Waals surface area contributed by atoms with Crippen LogP contribution < -0.4 is 10.6 Å². The van der Waals surface area contributed by atoms with Crippen LogP contribution in [0.4, 0.5) is 5.69 Å². The fraction of sp³-hybridized carbons (Fsp3) is 0.632. The van der Waals surface area contributed by atoms with Crippen molar-refractivity contribution in [2.75, 3.05) is 37.9 Å². The molecule has 1 heterocycles. The van der Waals surface area contributed by atoms with Gasteiger partial charge in [0.05, 0.1) is 6.61 Å². The Balaban J connectivity index is 0.00000338. The monoisotopic (exact) mass is 402 g/mol. The Hall–Kier alpha value is -0.950. The zero-order chi connectivity index (χ0) is 18.1. The van der Waals surface area contributed by atoms with Gasteiger partial charge in [-0.25, -0.2) is 0 Å². The maximum absolute atomic E-state index is 12.3. The third-order valence-electron chi connectivity index (χ3n) is 4.75. The van der Waals surface area contributed by atoms with Gasteiger partial charge in [-0.15, -0.1) is 12.4 Å². The molecule has 1 amide bonds. The number of nitrogens with one attached hydrogen (secondary N) is 2. The molecule has 1 aliphatic heterocycles. The Morgan fingerprint density at radius 1 is 1.38 bits per heavy atom. The van der Waals surface area contributed by atoms with Crippen molar-refractivity contribution in [3.8, 4) is 0 Å². The van der Waals surface area contributed by atoms with Gasteiger partial charge in [0.15, 0.2) is 0 Å². The maximum Gasteiger partial charge on any atom is 0.224 e. The summed E-state index contributed by atoms with van der Waals surface area (Å²) >= 11 is 0. The second-order valence-electron chi connectivity index (χ2n) is 6.80. The molecule has 0 aromatic heterocycles. The van der Waals surface area contributed by atoms with Crippen molar-refractivity contribution in [2.45, 2.75) is 31.9 Å². The van der Waals surface area contributed by atoms with Crippen LogP contribution in [0.3, 0.4) is 0 Å². The van der Waals surface area contributed by atoms with E-state index in [2.05, 4.69) is 17.6 Å². The molecule has 26 heavy (non-hydrogen) atoms. The number of halogens is 1. The number of piperidine rings is 1. The van der Waals surface area contributed by atoms with E-state index in [9.17, 15) is 9.00 Å². The average molecular weight is 403 g/mol. The molecule has 0 radical (unpaired) electrons. The predicted molar refractivity (Wildman–Crippen MR) is 110 cm³/mol. The predicted octanol–water partition coefficient (Wildman–Crippen LogP) is 2.97. The van der Waals surface area contributed by atoms with Gasteiger partial charge in [0.1, 0.15) is 0 Å². The normalized spacial score (nSPS) is 17.2. The molecule has 1 saturated heterocycles. The van der Waals surface area contributed by atoms with E-state index in [4.69, 9.17) is 4.74 Å². The zero-order valence-corrected chi connectivity index (χ0v) is 17.3. The number of ether oxygens (including phenoxy) is 1. The Labute approximate surface area is 165 Å². The number of methoxy groups -OCH3 is 1. The van der Waals surface area contributed by atoms with Crippen LogP contribution in [0.1, 0.15) is 31.7 Å². The molecule has 0 bridgehead atoms. The Bertz CT molecular complexity index is 580. The van der Waals surface area contributed by atoms with Crippen molar-refractivity contribution in [3.63, 3.8) is 0 Å². The van der Waals surface area contributed by atoms with Crippen LogP contribution in [0, 0.1) is 11.8 Å². The highest BCUT2D eigenvalue weighted by atomic mass is 35.5. The highest BCUT2D eigenvalue weighted by Gasteiger charge is 2.22. The van der Waals surface area contributed by atoms with Gasteiger partial charge in [0.25, 0.3) is 0 Å². The summed E-state index contributed by atoms with van der Waals surface area (Å²) in [5.41, 5.74) is 1.75. The highest BCUT2D eigenvalue weighted by molar-refractivity contribution is 7.84. The number of anilines is 1. The summed E-state index contributed by atoms with van der Waals surface area (Å²) in [6, 6.07) is 7.64. The van der Waals surface area contributed by atoms with Crippen LogP contribution in [0.5, 0.6) is 0 Å². The van der Waals surface area contributed by atoms with E-state index < -0.39 is 10.8 Å². The fourth-order valence-corrected chi connectivity index (χ4v) is 4.31. The smallest absolute Gasteiger partial charge is 0.224 e. The first-order chi connectivity index (χ1) is 12.1. The lowest BCUT2D eigenvalue weighted by atomic mass is 9.84. The van der Waals surface area contributed by atoms with E-state index >= 15 is 0 Å². The number of hydrogen-bond acceptors (Lipinski definition) is 4. The quantitative estimate of drug-likeness (QED) is 0.666. The summed E-state index contributed by atoms with van der Waals surface area (Å²) in [6.07, 6.45) is 2.85.